The Hall–Kier alpha value is -2.63. The highest BCUT2D eigenvalue weighted by molar-refractivity contribution is 5.96. The molecule has 0 atom stereocenters. The summed E-state index contributed by atoms with van der Waals surface area (Å²) in [5.41, 5.74) is 0.547. The fraction of sp³-hybridized carbons (Fsp3) is 0.267. The maximum absolute atomic E-state index is 11.7. The first kappa shape index (κ1) is 14.8. The molecule has 0 unspecified atom stereocenters. The van der Waals surface area contributed by atoms with Gasteiger partial charge in [-0.3, -0.25) is 9.59 Å². The van der Waals surface area contributed by atoms with Crippen molar-refractivity contribution in [3.8, 4) is 0 Å². The van der Waals surface area contributed by atoms with E-state index in [1.54, 1.807) is 36.8 Å². The van der Waals surface area contributed by atoms with E-state index in [4.69, 9.17) is 0 Å². The van der Waals surface area contributed by atoms with Gasteiger partial charge in [-0.1, -0.05) is 18.2 Å². The van der Waals surface area contributed by atoms with Crippen molar-refractivity contribution in [1.82, 2.24) is 20.2 Å². The average Bonchev–Trinajstić information content (AvgIpc) is 3.03. The minimum Gasteiger partial charge on any atom is -0.355 e. The summed E-state index contributed by atoms with van der Waals surface area (Å²) < 4.78 is 1.95. The van der Waals surface area contributed by atoms with E-state index in [1.807, 2.05) is 16.8 Å². The molecule has 0 spiro atoms. The number of hydrogen-bond donors (Lipinski definition) is 2. The van der Waals surface area contributed by atoms with E-state index in [9.17, 15) is 9.59 Å². The van der Waals surface area contributed by atoms with Gasteiger partial charge in [-0.05, 0) is 18.6 Å². The first-order valence-electron chi connectivity index (χ1n) is 6.81. The highest BCUT2D eigenvalue weighted by Crippen LogP contribution is 1.97. The Morgan fingerprint density at radius 2 is 1.95 bits per heavy atom. The first-order chi connectivity index (χ1) is 10.3. The molecule has 0 bridgehead atoms. The Labute approximate surface area is 123 Å². The van der Waals surface area contributed by atoms with Crippen molar-refractivity contribution in [2.24, 2.45) is 0 Å². The SMILES string of the molecule is O=C(CNC(=O)c1ccccc1)NCCCn1ccnc1. The monoisotopic (exact) mass is 286 g/mol. The van der Waals surface area contributed by atoms with Crippen LogP contribution >= 0.6 is 0 Å². The molecule has 0 fully saturated rings. The lowest BCUT2D eigenvalue weighted by Gasteiger charge is -2.07. The Kier molecular flexibility index (Phi) is 5.51. The van der Waals surface area contributed by atoms with Crippen LogP contribution in [0.4, 0.5) is 0 Å². The zero-order valence-corrected chi connectivity index (χ0v) is 11.7. The Balaban J connectivity index is 1.60. The van der Waals surface area contributed by atoms with Gasteiger partial charge in [-0.2, -0.15) is 0 Å². The number of hydrogen-bond acceptors (Lipinski definition) is 3. The summed E-state index contributed by atoms with van der Waals surface area (Å²) in [5, 5.41) is 5.35. The number of amides is 2. The molecule has 110 valence electrons. The average molecular weight is 286 g/mol. The van der Waals surface area contributed by atoms with Gasteiger partial charge in [0.2, 0.25) is 5.91 Å². The van der Waals surface area contributed by atoms with Gasteiger partial charge in [0.1, 0.15) is 0 Å². The lowest BCUT2D eigenvalue weighted by molar-refractivity contribution is -0.120. The van der Waals surface area contributed by atoms with E-state index in [0.29, 0.717) is 12.1 Å². The van der Waals surface area contributed by atoms with Crippen LogP contribution in [0.2, 0.25) is 0 Å². The highest BCUT2D eigenvalue weighted by Gasteiger charge is 2.06. The normalized spacial score (nSPS) is 10.1. The second kappa shape index (κ2) is 7.84. The molecule has 6 heteroatoms. The number of nitrogens with zero attached hydrogens (tertiary/aromatic N) is 2. The third-order valence-electron chi connectivity index (χ3n) is 2.92. The van der Waals surface area contributed by atoms with Crippen molar-refractivity contribution in [3.05, 3.63) is 54.6 Å². The summed E-state index contributed by atoms with van der Waals surface area (Å²) in [6.07, 6.45) is 6.15. The fourth-order valence-corrected chi connectivity index (χ4v) is 1.82. The predicted molar refractivity (Wildman–Crippen MR) is 78.6 cm³/mol. The topological polar surface area (TPSA) is 76.0 Å². The van der Waals surface area contributed by atoms with Crippen molar-refractivity contribution in [3.63, 3.8) is 0 Å². The molecule has 1 aromatic carbocycles. The Morgan fingerprint density at radius 3 is 2.67 bits per heavy atom. The van der Waals surface area contributed by atoms with Crippen LogP contribution in [0.15, 0.2) is 49.1 Å². The Morgan fingerprint density at radius 1 is 1.14 bits per heavy atom. The summed E-state index contributed by atoms with van der Waals surface area (Å²) in [6.45, 7) is 1.35. The molecular formula is C15H18N4O2. The minimum absolute atomic E-state index is 0.0151. The Bertz CT molecular complexity index is 567. The number of carbonyl (C=O) groups is 2. The summed E-state index contributed by atoms with van der Waals surface area (Å²) in [7, 11) is 0. The van der Waals surface area contributed by atoms with Gasteiger partial charge in [-0.15, -0.1) is 0 Å². The quantitative estimate of drug-likeness (QED) is 0.740. The molecule has 1 aromatic heterocycles. The van der Waals surface area contributed by atoms with Gasteiger partial charge in [0.25, 0.3) is 5.91 Å². The second-order valence-corrected chi connectivity index (χ2v) is 4.55. The molecule has 0 saturated heterocycles. The van der Waals surface area contributed by atoms with Crippen LogP contribution in [0.25, 0.3) is 0 Å². The number of rotatable bonds is 7. The van der Waals surface area contributed by atoms with Crippen molar-refractivity contribution in [1.29, 1.82) is 0 Å². The number of carbonyl (C=O) groups excluding carboxylic acids is 2. The maximum atomic E-state index is 11.7. The van der Waals surface area contributed by atoms with Gasteiger partial charge >= 0.3 is 0 Å². The van der Waals surface area contributed by atoms with Crippen LogP contribution in [0, 0.1) is 0 Å². The fourth-order valence-electron chi connectivity index (χ4n) is 1.82. The third kappa shape index (κ3) is 5.10. The largest absolute Gasteiger partial charge is 0.355 e. The van der Waals surface area contributed by atoms with E-state index >= 15 is 0 Å². The number of aromatic nitrogens is 2. The van der Waals surface area contributed by atoms with Crippen LogP contribution < -0.4 is 10.6 Å². The molecule has 2 rings (SSSR count). The molecule has 0 radical (unpaired) electrons. The van der Waals surface area contributed by atoms with Gasteiger partial charge < -0.3 is 15.2 Å². The maximum Gasteiger partial charge on any atom is 0.251 e. The molecule has 2 aromatic rings. The van der Waals surface area contributed by atoms with Crippen LogP contribution in [-0.2, 0) is 11.3 Å². The van der Waals surface area contributed by atoms with Crippen molar-refractivity contribution < 1.29 is 9.59 Å². The summed E-state index contributed by atoms with van der Waals surface area (Å²) in [5.74, 6) is -0.436. The second-order valence-electron chi connectivity index (χ2n) is 4.55. The zero-order valence-electron chi connectivity index (χ0n) is 11.7. The lowest BCUT2D eigenvalue weighted by atomic mass is 10.2. The van der Waals surface area contributed by atoms with Crippen LogP contribution in [-0.4, -0.2) is 34.5 Å². The van der Waals surface area contributed by atoms with Gasteiger partial charge in [0.15, 0.2) is 0 Å². The zero-order chi connectivity index (χ0) is 14.9. The lowest BCUT2D eigenvalue weighted by Crippen LogP contribution is -2.37. The molecule has 0 saturated carbocycles. The van der Waals surface area contributed by atoms with Crippen LogP contribution in [0.1, 0.15) is 16.8 Å². The first-order valence-corrected chi connectivity index (χ1v) is 6.81. The minimum atomic E-state index is -0.246. The summed E-state index contributed by atoms with van der Waals surface area (Å²) in [4.78, 5) is 27.3. The van der Waals surface area contributed by atoms with Crippen molar-refractivity contribution in [2.75, 3.05) is 13.1 Å². The molecule has 6 nitrogen and oxygen atoms in total. The van der Waals surface area contributed by atoms with Crippen LogP contribution in [0.5, 0.6) is 0 Å². The smallest absolute Gasteiger partial charge is 0.251 e. The van der Waals surface area contributed by atoms with Gasteiger partial charge in [-0.25, -0.2) is 4.98 Å². The number of imidazole rings is 1. The molecule has 0 aliphatic heterocycles. The standard InChI is InChI=1S/C15H18N4O2/c20-14(17-7-4-9-19-10-8-16-12-19)11-18-15(21)13-5-2-1-3-6-13/h1-3,5-6,8,10,12H,4,7,9,11H2,(H,17,20)(H,18,21). The van der Waals surface area contributed by atoms with Gasteiger partial charge in [0.05, 0.1) is 12.9 Å². The van der Waals surface area contributed by atoms with E-state index in [1.165, 1.54) is 0 Å². The molecule has 21 heavy (non-hydrogen) atoms. The molecule has 1 heterocycles. The van der Waals surface area contributed by atoms with E-state index in [0.717, 1.165) is 13.0 Å². The summed E-state index contributed by atoms with van der Waals surface area (Å²) >= 11 is 0. The third-order valence-corrected chi connectivity index (χ3v) is 2.92. The number of aryl methyl sites for hydroxylation is 1. The molecule has 0 aliphatic rings. The van der Waals surface area contributed by atoms with Crippen molar-refractivity contribution in [2.45, 2.75) is 13.0 Å². The molecule has 2 N–H and O–H groups in total. The highest BCUT2D eigenvalue weighted by atomic mass is 16.2. The van der Waals surface area contributed by atoms with E-state index in [-0.39, 0.29) is 18.4 Å². The predicted octanol–water partition coefficient (Wildman–Crippen LogP) is 0.819. The molecule has 0 aliphatic carbocycles. The van der Waals surface area contributed by atoms with Crippen LogP contribution in [0.3, 0.4) is 0 Å². The molecular weight excluding hydrogens is 268 g/mol. The number of benzene rings is 1. The molecule has 2 amide bonds. The van der Waals surface area contributed by atoms with E-state index < -0.39 is 0 Å². The van der Waals surface area contributed by atoms with Gasteiger partial charge in [0, 0.05) is 31.0 Å². The number of nitrogens with one attached hydrogen (secondary N) is 2. The summed E-state index contributed by atoms with van der Waals surface area (Å²) in [6, 6.07) is 8.82. The van der Waals surface area contributed by atoms with Crippen molar-refractivity contribution >= 4 is 11.8 Å². The van der Waals surface area contributed by atoms with E-state index in [2.05, 4.69) is 15.6 Å².